The van der Waals surface area contributed by atoms with Gasteiger partial charge in [0.2, 0.25) is 0 Å². The first kappa shape index (κ1) is 25.1. The zero-order chi connectivity index (χ0) is 26.4. The summed E-state index contributed by atoms with van der Waals surface area (Å²) in [4.78, 5) is 39.0. The molecule has 8 heteroatoms. The van der Waals surface area contributed by atoms with Crippen molar-refractivity contribution in [1.29, 1.82) is 0 Å². The second-order valence-corrected chi connectivity index (χ2v) is 11.5. The second kappa shape index (κ2) is 9.39. The molecule has 2 aromatic carbocycles. The van der Waals surface area contributed by atoms with Gasteiger partial charge in [0.05, 0.1) is 5.41 Å². The smallest absolute Gasteiger partial charge is 0.410 e. The lowest BCUT2D eigenvalue weighted by Crippen LogP contribution is -2.57. The maximum absolute atomic E-state index is 13.4. The van der Waals surface area contributed by atoms with Crippen LogP contribution in [0.25, 0.3) is 11.1 Å². The van der Waals surface area contributed by atoms with Crippen LogP contribution in [0.1, 0.15) is 63.5 Å². The van der Waals surface area contributed by atoms with Crippen molar-refractivity contribution >= 4 is 18.2 Å². The van der Waals surface area contributed by atoms with Crippen LogP contribution in [0.3, 0.4) is 0 Å². The monoisotopic (exact) mass is 506 g/mol. The molecule has 5 rings (SSSR count). The molecule has 0 radical (unpaired) electrons. The Labute approximate surface area is 216 Å². The van der Waals surface area contributed by atoms with Crippen LogP contribution in [-0.2, 0) is 14.3 Å². The van der Waals surface area contributed by atoms with Gasteiger partial charge in [0, 0.05) is 24.5 Å². The third-order valence-electron chi connectivity index (χ3n) is 7.63. The lowest BCUT2D eigenvalue weighted by molar-refractivity contribution is -0.144. The number of amides is 2. The van der Waals surface area contributed by atoms with Crippen molar-refractivity contribution in [3.63, 3.8) is 0 Å². The molecule has 0 saturated heterocycles. The Hall–Kier alpha value is -3.55. The molecule has 2 saturated carbocycles. The van der Waals surface area contributed by atoms with Gasteiger partial charge in [-0.05, 0) is 68.7 Å². The summed E-state index contributed by atoms with van der Waals surface area (Å²) in [5.74, 6) is -0.956. The predicted octanol–water partition coefficient (Wildman–Crippen LogP) is 5.16. The summed E-state index contributed by atoms with van der Waals surface area (Å²) in [5.41, 5.74) is 3.04. The number of carboxylic acid groups (broad SMARTS) is 1. The maximum atomic E-state index is 13.4. The highest BCUT2D eigenvalue weighted by molar-refractivity contribution is 5.80. The van der Waals surface area contributed by atoms with Crippen LogP contribution < -0.4 is 5.32 Å². The summed E-state index contributed by atoms with van der Waals surface area (Å²) < 4.78 is 11.2. The molecular weight excluding hydrogens is 472 g/mol. The molecule has 0 heterocycles. The number of alkyl carbamates (subject to hydrolysis) is 1. The Morgan fingerprint density at radius 3 is 2.08 bits per heavy atom. The number of hydrogen-bond acceptors (Lipinski definition) is 5. The Balaban J connectivity index is 1.26. The average molecular weight is 507 g/mol. The average Bonchev–Trinajstić information content (AvgIpc) is 3.54. The number of nitrogens with zero attached hydrogens (tertiary/aromatic N) is 1. The summed E-state index contributed by atoms with van der Waals surface area (Å²) in [7, 11) is 0. The lowest BCUT2D eigenvalue weighted by Gasteiger charge is -2.43. The molecular formula is C29H34N2O6. The third kappa shape index (κ3) is 5.15. The molecule has 0 bridgehead atoms. The van der Waals surface area contributed by atoms with Gasteiger partial charge in [0.1, 0.15) is 12.2 Å². The molecule has 3 aliphatic carbocycles. The van der Waals surface area contributed by atoms with Crippen LogP contribution in [0.4, 0.5) is 9.59 Å². The topological polar surface area (TPSA) is 105 Å². The summed E-state index contributed by atoms with van der Waals surface area (Å²) in [6, 6.07) is 15.9. The Morgan fingerprint density at radius 1 is 1.00 bits per heavy atom. The molecule has 37 heavy (non-hydrogen) atoms. The minimum absolute atomic E-state index is 0.0736. The van der Waals surface area contributed by atoms with Crippen molar-refractivity contribution < 1.29 is 29.0 Å². The van der Waals surface area contributed by atoms with Crippen LogP contribution >= 0.6 is 0 Å². The van der Waals surface area contributed by atoms with Gasteiger partial charge in [-0.2, -0.15) is 0 Å². The van der Waals surface area contributed by atoms with Crippen molar-refractivity contribution in [2.75, 3.05) is 13.2 Å². The molecule has 2 fully saturated rings. The van der Waals surface area contributed by atoms with Gasteiger partial charge in [-0.25, -0.2) is 9.59 Å². The number of hydrogen-bond donors (Lipinski definition) is 2. The quantitative estimate of drug-likeness (QED) is 0.538. The minimum atomic E-state index is -0.907. The molecule has 0 aromatic heterocycles. The van der Waals surface area contributed by atoms with Gasteiger partial charge >= 0.3 is 18.2 Å². The first-order valence-electron chi connectivity index (χ1n) is 12.9. The van der Waals surface area contributed by atoms with E-state index in [9.17, 15) is 19.5 Å². The molecule has 2 amide bonds. The molecule has 3 aliphatic rings. The first-order chi connectivity index (χ1) is 17.6. The van der Waals surface area contributed by atoms with Gasteiger partial charge in [-0.3, -0.25) is 4.79 Å². The predicted molar refractivity (Wildman–Crippen MR) is 137 cm³/mol. The summed E-state index contributed by atoms with van der Waals surface area (Å²) >= 11 is 0. The Kier molecular flexibility index (Phi) is 6.38. The molecule has 0 unspecified atom stereocenters. The Morgan fingerprint density at radius 2 is 1.57 bits per heavy atom. The summed E-state index contributed by atoms with van der Waals surface area (Å²) in [5, 5.41) is 12.6. The van der Waals surface area contributed by atoms with E-state index in [1.165, 1.54) is 0 Å². The second-order valence-electron chi connectivity index (χ2n) is 11.5. The first-order valence-corrected chi connectivity index (χ1v) is 12.9. The number of carbonyl (C=O) groups is 3. The van der Waals surface area contributed by atoms with Gasteiger partial charge in [-0.15, -0.1) is 0 Å². The number of rotatable bonds is 7. The van der Waals surface area contributed by atoms with Crippen LogP contribution in [-0.4, -0.2) is 59.0 Å². The fourth-order valence-corrected chi connectivity index (χ4v) is 5.37. The standard InChI is InChI=1S/C29H34N2O6/c1-28(2,3)37-26(34)30-18-14-19(15-18)31(17-29(12-13-29)25(32)33)27(35)36-16-24-22-10-6-4-8-20(22)21-9-5-7-11-23(21)24/h4-11,18-19,24H,12-17H2,1-3H3,(H,30,34)(H,32,33). The SMILES string of the molecule is CC(C)(C)OC(=O)NC1CC(N(CC2(C(=O)O)CC2)C(=O)OCC2c3ccccc3-c3ccccc32)C1. The van der Waals surface area contributed by atoms with E-state index in [-0.39, 0.29) is 31.2 Å². The van der Waals surface area contributed by atoms with Crippen molar-refractivity contribution in [2.24, 2.45) is 5.41 Å². The van der Waals surface area contributed by atoms with E-state index in [0.717, 1.165) is 22.3 Å². The fourth-order valence-electron chi connectivity index (χ4n) is 5.37. The van der Waals surface area contributed by atoms with Gasteiger partial charge in [-0.1, -0.05) is 48.5 Å². The van der Waals surface area contributed by atoms with Gasteiger partial charge in [0.15, 0.2) is 0 Å². The highest BCUT2D eigenvalue weighted by atomic mass is 16.6. The normalized spacial score (nSPS) is 21.2. The van der Waals surface area contributed by atoms with E-state index in [4.69, 9.17) is 9.47 Å². The van der Waals surface area contributed by atoms with E-state index in [0.29, 0.717) is 25.7 Å². The number of nitrogens with one attached hydrogen (secondary N) is 1. The molecule has 2 aromatic rings. The highest BCUT2D eigenvalue weighted by Gasteiger charge is 2.54. The number of aliphatic carboxylic acids is 1. The van der Waals surface area contributed by atoms with Crippen LogP contribution in [0.5, 0.6) is 0 Å². The lowest BCUT2D eigenvalue weighted by atomic mass is 9.85. The minimum Gasteiger partial charge on any atom is -0.481 e. The maximum Gasteiger partial charge on any atom is 0.410 e. The number of carbonyl (C=O) groups excluding carboxylic acids is 2. The van der Waals surface area contributed by atoms with Crippen molar-refractivity contribution in [2.45, 2.75) is 70.1 Å². The van der Waals surface area contributed by atoms with E-state index in [2.05, 4.69) is 29.6 Å². The third-order valence-corrected chi connectivity index (χ3v) is 7.63. The van der Waals surface area contributed by atoms with Gasteiger partial charge in [0.25, 0.3) is 0 Å². The van der Waals surface area contributed by atoms with E-state index < -0.39 is 29.2 Å². The van der Waals surface area contributed by atoms with E-state index >= 15 is 0 Å². The van der Waals surface area contributed by atoms with Crippen molar-refractivity contribution in [3.05, 3.63) is 59.7 Å². The summed E-state index contributed by atoms with van der Waals surface area (Å²) in [6.45, 7) is 5.70. The van der Waals surface area contributed by atoms with Crippen LogP contribution in [0, 0.1) is 5.41 Å². The van der Waals surface area contributed by atoms with Crippen LogP contribution in [0.15, 0.2) is 48.5 Å². The molecule has 0 aliphatic heterocycles. The molecule has 0 atom stereocenters. The number of fused-ring (bicyclic) bond motifs is 3. The fraction of sp³-hybridized carbons (Fsp3) is 0.483. The zero-order valence-corrected chi connectivity index (χ0v) is 21.5. The number of benzene rings is 2. The number of ether oxygens (including phenoxy) is 2. The van der Waals surface area contributed by atoms with E-state index in [1.54, 1.807) is 25.7 Å². The Bertz CT molecular complexity index is 1160. The molecule has 2 N–H and O–H groups in total. The molecule has 196 valence electrons. The van der Waals surface area contributed by atoms with Gasteiger partial charge < -0.3 is 24.8 Å². The highest BCUT2D eigenvalue weighted by Crippen LogP contribution is 2.48. The van der Waals surface area contributed by atoms with Crippen LogP contribution in [0.2, 0.25) is 0 Å². The van der Waals surface area contributed by atoms with Crippen molar-refractivity contribution in [1.82, 2.24) is 10.2 Å². The summed E-state index contributed by atoms with van der Waals surface area (Å²) in [6.07, 6.45) is 1.14. The zero-order valence-electron chi connectivity index (χ0n) is 21.5. The van der Waals surface area contributed by atoms with Crippen molar-refractivity contribution in [3.8, 4) is 11.1 Å². The largest absolute Gasteiger partial charge is 0.481 e. The molecule has 8 nitrogen and oxygen atoms in total. The number of carboxylic acids is 1. The van der Waals surface area contributed by atoms with E-state index in [1.807, 2.05) is 24.3 Å². The molecule has 0 spiro atoms.